The molecular formula is C17H14N2O2S. The molecule has 0 unspecified atom stereocenters. The molecule has 1 aliphatic rings. The van der Waals surface area contributed by atoms with Crippen LogP contribution in [0.1, 0.15) is 17.4 Å². The number of thiophene rings is 1. The van der Waals surface area contributed by atoms with Gasteiger partial charge in [-0.25, -0.2) is 0 Å². The van der Waals surface area contributed by atoms with Crippen LogP contribution in [0.3, 0.4) is 0 Å². The molecule has 0 atom stereocenters. The molecule has 0 aliphatic carbocycles. The first-order valence-electron chi connectivity index (χ1n) is 7.05. The molecule has 0 saturated carbocycles. The topological polar surface area (TPSA) is 44.2 Å². The number of ether oxygens (including phenoxy) is 2. The summed E-state index contributed by atoms with van der Waals surface area (Å²) >= 11 is 1.68. The Morgan fingerprint density at radius 3 is 2.77 bits per heavy atom. The van der Waals surface area contributed by atoms with Gasteiger partial charge in [-0.05, 0) is 23.8 Å². The molecule has 4 nitrogen and oxygen atoms in total. The maximum atomic E-state index is 5.48. The van der Waals surface area contributed by atoms with Gasteiger partial charge in [0.2, 0.25) is 0 Å². The summed E-state index contributed by atoms with van der Waals surface area (Å²) in [6, 6.07) is 8.04. The van der Waals surface area contributed by atoms with Gasteiger partial charge in [0.1, 0.15) is 0 Å². The van der Waals surface area contributed by atoms with Crippen LogP contribution in [0.25, 0.3) is 26.9 Å². The molecule has 0 N–H and O–H groups in total. The van der Waals surface area contributed by atoms with Crippen LogP contribution < -0.4 is 0 Å². The molecule has 22 heavy (non-hydrogen) atoms. The lowest BCUT2D eigenvalue weighted by atomic mass is 10.2. The Hall–Kier alpha value is -2.08. The molecule has 0 amide bonds. The summed E-state index contributed by atoms with van der Waals surface area (Å²) in [7, 11) is 0. The van der Waals surface area contributed by atoms with Crippen molar-refractivity contribution >= 4 is 27.6 Å². The molecule has 0 spiro atoms. The van der Waals surface area contributed by atoms with Crippen molar-refractivity contribution in [1.82, 2.24) is 9.97 Å². The molecule has 0 bridgehead atoms. The van der Waals surface area contributed by atoms with E-state index in [1.807, 2.05) is 30.5 Å². The Morgan fingerprint density at radius 1 is 1.18 bits per heavy atom. The van der Waals surface area contributed by atoms with Gasteiger partial charge in [0.15, 0.2) is 6.29 Å². The van der Waals surface area contributed by atoms with Crippen molar-refractivity contribution in [1.29, 1.82) is 0 Å². The molecular weight excluding hydrogens is 296 g/mol. The van der Waals surface area contributed by atoms with Crippen molar-refractivity contribution in [2.45, 2.75) is 6.29 Å². The lowest BCUT2D eigenvalue weighted by Gasteiger charge is -2.08. The van der Waals surface area contributed by atoms with E-state index < -0.39 is 0 Å². The normalized spacial score (nSPS) is 15.5. The predicted octanol–water partition coefficient (Wildman–Crippen LogP) is 4.05. The first kappa shape index (κ1) is 13.6. The van der Waals surface area contributed by atoms with Crippen LogP contribution in [-0.2, 0) is 9.47 Å². The standard InChI is InChI=1S/C17H14N2O2S/c1-2-11-5-6-18-14-9-15(22-16(11)14)13-4-3-12(10-19-13)17-20-7-8-21-17/h2-6,9-10,17H,1,7-8H2. The number of aromatic nitrogens is 2. The van der Waals surface area contributed by atoms with Gasteiger partial charge < -0.3 is 9.47 Å². The average molecular weight is 310 g/mol. The monoisotopic (exact) mass is 310 g/mol. The first-order valence-corrected chi connectivity index (χ1v) is 7.87. The van der Waals surface area contributed by atoms with Gasteiger partial charge in [-0.15, -0.1) is 11.3 Å². The van der Waals surface area contributed by atoms with E-state index in [0.717, 1.165) is 31.9 Å². The average Bonchev–Trinajstić information content (AvgIpc) is 3.24. The fourth-order valence-corrected chi connectivity index (χ4v) is 3.59. The van der Waals surface area contributed by atoms with Crippen LogP contribution >= 0.6 is 11.3 Å². The fourth-order valence-electron chi connectivity index (χ4n) is 2.49. The van der Waals surface area contributed by atoms with Gasteiger partial charge >= 0.3 is 0 Å². The van der Waals surface area contributed by atoms with Crippen molar-refractivity contribution in [3.8, 4) is 10.6 Å². The van der Waals surface area contributed by atoms with Crippen LogP contribution in [0.15, 0.2) is 43.2 Å². The Kier molecular flexibility index (Phi) is 3.46. The summed E-state index contributed by atoms with van der Waals surface area (Å²) in [5, 5.41) is 0. The molecule has 4 rings (SSSR count). The van der Waals surface area contributed by atoms with E-state index in [1.54, 1.807) is 17.5 Å². The minimum absolute atomic E-state index is 0.280. The zero-order valence-corrected chi connectivity index (χ0v) is 12.7. The Morgan fingerprint density at radius 2 is 2.05 bits per heavy atom. The van der Waals surface area contributed by atoms with Crippen LogP contribution in [-0.4, -0.2) is 23.2 Å². The third kappa shape index (κ3) is 2.33. The summed E-state index contributed by atoms with van der Waals surface area (Å²) < 4.78 is 12.1. The van der Waals surface area contributed by atoms with Gasteiger partial charge in [0.25, 0.3) is 0 Å². The smallest absolute Gasteiger partial charge is 0.185 e. The summed E-state index contributed by atoms with van der Waals surface area (Å²) in [4.78, 5) is 10.0. The zero-order valence-electron chi connectivity index (χ0n) is 11.9. The van der Waals surface area contributed by atoms with E-state index in [0.29, 0.717) is 13.2 Å². The van der Waals surface area contributed by atoms with Crippen molar-refractivity contribution < 1.29 is 9.47 Å². The van der Waals surface area contributed by atoms with Gasteiger partial charge in [0.05, 0.1) is 34.0 Å². The minimum Gasteiger partial charge on any atom is -0.346 e. The summed E-state index contributed by atoms with van der Waals surface area (Å²) in [5.41, 5.74) is 3.96. The van der Waals surface area contributed by atoms with Crippen molar-refractivity contribution in [2.24, 2.45) is 0 Å². The first-order chi connectivity index (χ1) is 10.8. The van der Waals surface area contributed by atoms with Crippen LogP contribution in [0.5, 0.6) is 0 Å². The minimum atomic E-state index is -0.280. The number of nitrogens with zero attached hydrogens (tertiary/aromatic N) is 2. The second kappa shape index (κ2) is 5.61. The molecule has 0 aromatic carbocycles. The van der Waals surface area contributed by atoms with Crippen LogP contribution in [0, 0.1) is 0 Å². The highest BCUT2D eigenvalue weighted by Crippen LogP contribution is 2.34. The van der Waals surface area contributed by atoms with Gasteiger partial charge in [-0.2, -0.15) is 0 Å². The third-order valence-corrected chi connectivity index (χ3v) is 4.79. The van der Waals surface area contributed by atoms with E-state index in [1.165, 1.54) is 0 Å². The molecule has 1 aliphatic heterocycles. The molecule has 3 aromatic heterocycles. The Balaban J connectivity index is 1.70. The number of fused-ring (bicyclic) bond motifs is 1. The molecule has 4 heterocycles. The van der Waals surface area contributed by atoms with E-state index in [-0.39, 0.29) is 6.29 Å². The number of hydrogen-bond donors (Lipinski definition) is 0. The van der Waals surface area contributed by atoms with Crippen LogP contribution in [0.2, 0.25) is 0 Å². The maximum Gasteiger partial charge on any atom is 0.185 e. The second-order valence-electron chi connectivity index (χ2n) is 4.98. The molecule has 1 saturated heterocycles. The third-order valence-electron chi connectivity index (χ3n) is 3.60. The van der Waals surface area contributed by atoms with Gasteiger partial charge in [-0.3, -0.25) is 9.97 Å². The molecule has 110 valence electrons. The fraction of sp³-hybridized carbons (Fsp3) is 0.176. The van der Waals surface area contributed by atoms with Crippen LogP contribution in [0.4, 0.5) is 0 Å². The predicted molar refractivity (Wildman–Crippen MR) is 87.6 cm³/mol. The highest BCUT2D eigenvalue weighted by Gasteiger charge is 2.18. The van der Waals surface area contributed by atoms with E-state index in [4.69, 9.17) is 9.47 Å². The second-order valence-corrected chi connectivity index (χ2v) is 6.03. The zero-order chi connectivity index (χ0) is 14.9. The molecule has 3 aromatic rings. The van der Waals surface area contributed by atoms with Gasteiger partial charge in [-0.1, -0.05) is 18.7 Å². The molecule has 5 heteroatoms. The lowest BCUT2D eigenvalue weighted by molar-refractivity contribution is -0.0443. The number of pyridine rings is 2. The molecule has 1 fully saturated rings. The highest BCUT2D eigenvalue weighted by atomic mass is 32.1. The Labute approximate surface area is 132 Å². The molecule has 0 radical (unpaired) electrons. The largest absolute Gasteiger partial charge is 0.346 e. The Bertz CT molecular complexity index is 820. The van der Waals surface area contributed by atoms with E-state index >= 15 is 0 Å². The number of hydrogen-bond acceptors (Lipinski definition) is 5. The van der Waals surface area contributed by atoms with Crippen molar-refractivity contribution in [2.75, 3.05) is 13.2 Å². The summed E-state index contributed by atoms with van der Waals surface area (Å²) in [6.07, 6.45) is 5.20. The van der Waals surface area contributed by atoms with E-state index in [2.05, 4.69) is 22.6 Å². The van der Waals surface area contributed by atoms with Crippen molar-refractivity contribution in [3.05, 3.63) is 54.4 Å². The SMILES string of the molecule is C=Cc1ccnc2cc(-c3ccc(C4OCCO4)cn3)sc12. The lowest BCUT2D eigenvalue weighted by Crippen LogP contribution is -1.98. The summed E-state index contributed by atoms with van der Waals surface area (Å²) in [5.74, 6) is 0. The number of rotatable bonds is 3. The quantitative estimate of drug-likeness (QED) is 0.732. The summed E-state index contributed by atoms with van der Waals surface area (Å²) in [6.45, 7) is 5.13. The van der Waals surface area contributed by atoms with Crippen molar-refractivity contribution in [3.63, 3.8) is 0 Å². The van der Waals surface area contributed by atoms with Gasteiger partial charge in [0, 0.05) is 18.0 Å². The maximum absolute atomic E-state index is 5.48. The highest BCUT2D eigenvalue weighted by molar-refractivity contribution is 7.22. The van der Waals surface area contributed by atoms with E-state index in [9.17, 15) is 0 Å².